The summed E-state index contributed by atoms with van der Waals surface area (Å²) < 4.78 is 0. The van der Waals surface area contributed by atoms with Gasteiger partial charge in [-0.15, -0.1) is 0 Å². The van der Waals surface area contributed by atoms with Crippen molar-refractivity contribution in [3.05, 3.63) is 11.8 Å². The predicted molar refractivity (Wildman–Crippen MR) is 81.6 cm³/mol. The molecule has 0 amide bonds. The van der Waals surface area contributed by atoms with Crippen LogP contribution in [0.25, 0.3) is 0 Å². The maximum atomic E-state index is 2.49. The Kier molecular flexibility index (Phi) is 4.56. The molecule has 1 aliphatic heterocycles. The zero-order valence-corrected chi connectivity index (χ0v) is 13.8. The Morgan fingerprint density at radius 1 is 1.11 bits per heavy atom. The molecule has 106 valence electrons. The smallest absolute Gasteiger partial charge is 0.0365 e. The van der Waals surface area contributed by atoms with Gasteiger partial charge in [-0.2, -0.15) is 0 Å². The highest BCUT2D eigenvalue weighted by molar-refractivity contribution is 5.13. The van der Waals surface area contributed by atoms with Crippen molar-refractivity contribution in [2.75, 3.05) is 7.05 Å². The van der Waals surface area contributed by atoms with E-state index < -0.39 is 0 Å². The number of hydrogen-bond acceptors (Lipinski definition) is 1. The third-order valence-electron chi connectivity index (χ3n) is 4.26. The van der Waals surface area contributed by atoms with Crippen molar-refractivity contribution in [1.82, 2.24) is 4.90 Å². The van der Waals surface area contributed by atoms with Crippen molar-refractivity contribution in [3.8, 4) is 0 Å². The molecule has 18 heavy (non-hydrogen) atoms. The molecule has 0 bridgehead atoms. The van der Waals surface area contributed by atoms with Gasteiger partial charge in [-0.1, -0.05) is 60.5 Å². The van der Waals surface area contributed by atoms with Gasteiger partial charge < -0.3 is 4.90 Å². The minimum Gasteiger partial charge on any atom is -0.377 e. The van der Waals surface area contributed by atoms with E-state index in [4.69, 9.17) is 0 Å². The van der Waals surface area contributed by atoms with Gasteiger partial charge in [0.2, 0.25) is 0 Å². The minimum absolute atomic E-state index is 0.334. The Morgan fingerprint density at radius 3 is 2.06 bits per heavy atom. The van der Waals surface area contributed by atoms with Crippen molar-refractivity contribution in [1.29, 1.82) is 0 Å². The average molecular weight is 251 g/mol. The molecular formula is C17H33N. The van der Waals surface area contributed by atoms with Crippen molar-refractivity contribution in [2.24, 2.45) is 16.7 Å². The topological polar surface area (TPSA) is 3.24 Å². The molecule has 0 N–H and O–H groups in total. The second-order valence-electron chi connectivity index (χ2n) is 8.19. The van der Waals surface area contributed by atoms with Gasteiger partial charge in [-0.3, -0.25) is 0 Å². The normalized spacial score (nSPS) is 26.2. The van der Waals surface area contributed by atoms with Gasteiger partial charge >= 0.3 is 0 Å². The molecular weight excluding hydrogens is 218 g/mol. The molecule has 1 heteroatoms. The first-order chi connectivity index (χ1) is 8.07. The van der Waals surface area contributed by atoms with Crippen LogP contribution in [0.5, 0.6) is 0 Å². The van der Waals surface area contributed by atoms with E-state index in [9.17, 15) is 0 Å². The van der Waals surface area contributed by atoms with E-state index in [-0.39, 0.29) is 0 Å². The quantitative estimate of drug-likeness (QED) is 0.661. The summed E-state index contributed by atoms with van der Waals surface area (Å²) in [5, 5.41) is 0. The van der Waals surface area contributed by atoms with Gasteiger partial charge in [-0.05, 0) is 35.8 Å². The van der Waals surface area contributed by atoms with Gasteiger partial charge in [0, 0.05) is 13.1 Å². The summed E-state index contributed by atoms with van der Waals surface area (Å²) in [7, 11) is 2.27. The molecule has 2 atom stereocenters. The molecule has 0 radical (unpaired) electrons. The number of allylic oxidation sites excluding steroid dienone is 1. The Balaban J connectivity index is 3.08. The van der Waals surface area contributed by atoms with E-state index in [1.54, 1.807) is 5.57 Å². The molecule has 0 saturated carbocycles. The first kappa shape index (κ1) is 15.6. The lowest BCUT2D eigenvalue weighted by Gasteiger charge is -2.51. The zero-order valence-electron chi connectivity index (χ0n) is 13.8. The third kappa shape index (κ3) is 3.52. The Morgan fingerprint density at radius 2 is 1.67 bits per heavy atom. The molecule has 1 rings (SSSR count). The summed E-state index contributed by atoms with van der Waals surface area (Å²) in [6, 6.07) is 0.637. The number of nitrogens with zero attached hydrogens (tertiary/aromatic N) is 1. The van der Waals surface area contributed by atoms with Crippen LogP contribution in [-0.4, -0.2) is 18.0 Å². The second-order valence-corrected chi connectivity index (χ2v) is 8.19. The molecule has 2 unspecified atom stereocenters. The molecule has 0 aromatic rings. The van der Waals surface area contributed by atoms with Gasteiger partial charge in [-0.25, -0.2) is 0 Å². The monoisotopic (exact) mass is 251 g/mol. The van der Waals surface area contributed by atoms with E-state index in [0.29, 0.717) is 16.9 Å². The van der Waals surface area contributed by atoms with Crippen LogP contribution < -0.4 is 0 Å². The van der Waals surface area contributed by atoms with Crippen LogP contribution in [0.1, 0.15) is 67.7 Å². The van der Waals surface area contributed by atoms with Crippen molar-refractivity contribution < 1.29 is 0 Å². The van der Waals surface area contributed by atoms with E-state index in [0.717, 1.165) is 5.92 Å². The van der Waals surface area contributed by atoms with Crippen molar-refractivity contribution >= 4 is 0 Å². The SMILES string of the molecule is CCCC1=CN(C)C(C(C)(C)C)C(C(C)(C)C)C1. The minimum atomic E-state index is 0.334. The summed E-state index contributed by atoms with van der Waals surface area (Å²) in [5.41, 5.74) is 2.35. The fourth-order valence-corrected chi connectivity index (χ4v) is 3.58. The van der Waals surface area contributed by atoms with Gasteiger partial charge in [0.05, 0.1) is 0 Å². The fourth-order valence-electron chi connectivity index (χ4n) is 3.58. The Hall–Kier alpha value is -0.460. The van der Waals surface area contributed by atoms with E-state index >= 15 is 0 Å². The molecule has 0 fully saturated rings. The summed E-state index contributed by atoms with van der Waals surface area (Å²) >= 11 is 0. The van der Waals surface area contributed by atoms with E-state index in [1.165, 1.54) is 19.3 Å². The molecule has 0 aliphatic carbocycles. The van der Waals surface area contributed by atoms with Crippen LogP contribution in [-0.2, 0) is 0 Å². The van der Waals surface area contributed by atoms with E-state index in [1.807, 2.05) is 0 Å². The fraction of sp³-hybridized carbons (Fsp3) is 0.882. The first-order valence-electron chi connectivity index (χ1n) is 7.49. The highest BCUT2D eigenvalue weighted by atomic mass is 15.1. The Bertz CT molecular complexity index is 301. The highest BCUT2D eigenvalue weighted by Crippen LogP contribution is 2.45. The lowest BCUT2D eigenvalue weighted by Crippen LogP contribution is -2.51. The van der Waals surface area contributed by atoms with E-state index in [2.05, 4.69) is 66.6 Å². The van der Waals surface area contributed by atoms with Crippen molar-refractivity contribution in [2.45, 2.75) is 73.8 Å². The average Bonchev–Trinajstić information content (AvgIpc) is 2.13. The number of hydrogen-bond donors (Lipinski definition) is 0. The number of rotatable bonds is 2. The molecule has 0 spiro atoms. The lowest BCUT2D eigenvalue weighted by atomic mass is 9.64. The van der Waals surface area contributed by atoms with Crippen LogP contribution in [0.4, 0.5) is 0 Å². The largest absolute Gasteiger partial charge is 0.377 e. The molecule has 0 aromatic heterocycles. The van der Waals surface area contributed by atoms with Gasteiger partial charge in [0.25, 0.3) is 0 Å². The predicted octanol–water partition coefficient (Wildman–Crippen LogP) is 5.08. The molecule has 1 nitrogen and oxygen atoms in total. The summed E-state index contributed by atoms with van der Waals surface area (Å²) in [6.45, 7) is 16.6. The Labute approximate surface area is 115 Å². The summed E-state index contributed by atoms with van der Waals surface area (Å²) in [6.07, 6.45) is 6.22. The molecule has 1 aliphatic rings. The van der Waals surface area contributed by atoms with Crippen LogP contribution >= 0.6 is 0 Å². The summed E-state index contributed by atoms with van der Waals surface area (Å²) in [4.78, 5) is 2.49. The maximum Gasteiger partial charge on any atom is 0.0365 e. The molecule has 1 heterocycles. The lowest BCUT2D eigenvalue weighted by molar-refractivity contribution is 0.0331. The van der Waals surface area contributed by atoms with Crippen LogP contribution in [0.15, 0.2) is 11.8 Å². The second kappa shape index (κ2) is 5.27. The standard InChI is InChI=1S/C17H33N/c1-9-10-13-11-14(16(2,3)4)15(17(5,6)7)18(8)12-13/h12,14-15H,9-11H2,1-8H3. The zero-order chi connectivity index (χ0) is 14.1. The maximum absolute atomic E-state index is 2.49. The summed E-state index contributed by atoms with van der Waals surface area (Å²) in [5.74, 6) is 0.744. The van der Waals surface area contributed by atoms with Gasteiger partial charge in [0.15, 0.2) is 0 Å². The van der Waals surface area contributed by atoms with Gasteiger partial charge in [0.1, 0.15) is 0 Å². The van der Waals surface area contributed by atoms with Crippen LogP contribution in [0.3, 0.4) is 0 Å². The van der Waals surface area contributed by atoms with Crippen LogP contribution in [0, 0.1) is 16.7 Å². The highest BCUT2D eigenvalue weighted by Gasteiger charge is 2.42. The molecule has 0 aromatic carbocycles. The molecule has 0 saturated heterocycles. The van der Waals surface area contributed by atoms with Crippen molar-refractivity contribution in [3.63, 3.8) is 0 Å². The third-order valence-corrected chi connectivity index (χ3v) is 4.26. The first-order valence-corrected chi connectivity index (χ1v) is 7.49. The van der Waals surface area contributed by atoms with Crippen LogP contribution in [0.2, 0.25) is 0 Å².